The van der Waals surface area contributed by atoms with Crippen molar-refractivity contribution in [2.24, 2.45) is 0 Å². The average Bonchev–Trinajstić information content (AvgIpc) is 3.07. The number of furan rings is 1. The molecule has 0 aliphatic carbocycles. The second-order valence-corrected chi connectivity index (χ2v) is 6.20. The number of piperazine rings is 1. The first-order valence-corrected chi connectivity index (χ1v) is 8.34. The Hall–Kier alpha value is -2.30. The molecule has 1 amide bonds. The van der Waals surface area contributed by atoms with E-state index in [2.05, 4.69) is 29.2 Å². The highest BCUT2D eigenvalue weighted by Gasteiger charge is 2.24. The van der Waals surface area contributed by atoms with Crippen LogP contribution in [-0.4, -0.2) is 41.9 Å². The molecule has 25 heavy (non-hydrogen) atoms. The van der Waals surface area contributed by atoms with Crippen molar-refractivity contribution < 1.29 is 21.6 Å². The van der Waals surface area contributed by atoms with Crippen LogP contribution in [-0.2, 0) is 6.54 Å². The van der Waals surface area contributed by atoms with Crippen LogP contribution in [0.5, 0.6) is 0 Å². The molecule has 3 aromatic rings. The van der Waals surface area contributed by atoms with E-state index in [9.17, 15) is 4.79 Å². The average molecular weight is 356 g/mol. The number of para-hydroxylation sites is 1. The lowest BCUT2D eigenvalue weighted by Gasteiger charge is -2.34. The molecule has 0 N–H and O–H groups in total. The minimum Gasteiger partial charge on any atom is -1.00 e. The van der Waals surface area contributed by atoms with Gasteiger partial charge in [0.2, 0.25) is 0 Å². The molecular weight excluding hydrogens is 336 g/mol. The van der Waals surface area contributed by atoms with Gasteiger partial charge in [0.05, 0.1) is 0 Å². The first-order chi connectivity index (χ1) is 11.8. The van der Waals surface area contributed by atoms with Crippen LogP contribution in [0.2, 0.25) is 0 Å². The van der Waals surface area contributed by atoms with Gasteiger partial charge in [0.25, 0.3) is 5.91 Å². The molecule has 1 fully saturated rings. The minimum absolute atomic E-state index is 0. The highest BCUT2D eigenvalue weighted by molar-refractivity contribution is 5.96. The second-order valence-electron chi connectivity index (χ2n) is 6.20. The predicted octanol–water partition coefficient (Wildman–Crippen LogP) is 0.395. The maximum absolute atomic E-state index is 12.6. The summed E-state index contributed by atoms with van der Waals surface area (Å²) in [4.78, 5) is 16.9. The van der Waals surface area contributed by atoms with Crippen molar-refractivity contribution in [3.8, 4) is 0 Å². The molecule has 0 bridgehead atoms. The van der Waals surface area contributed by atoms with E-state index >= 15 is 0 Å². The van der Waals surface area contributed by atoms with Gasteiger partial charge in [-0.2, -0.15) is 0 Å². The van der Waals surface area contributed by atoms with Gasteiger partial charge >= 0.3 is 0 Å². The van der Waals surface area contributed by atoms with Gasteiger partial charge in [-0.25, -0.2) is 0 Å². The Kier molecular flexibility index (Phi) is 5.41. The van der Waals surface area contributed by atoms with Gasteiger partial charge in [0.15, 0.2) is 5.76 Å². The number of benzene rings is 2. The molecule has 0 saturated carbocycles. The normalized spacial score (nSPS) is 15.1. The molecule has 1 aromatic heterocycles. The molecule has 2 aromatic carbocycles. The summed E-state index contributed by atoms with van der Waals surface area (Å²) < 4.78 is 5.70. The van der Waals surface area contributed by atoms with E-state index in [1.807, 2.05) is 41.3 Å². The maximum Gasteiger partial charge on any atom is 0.289 e. The van der Waals surface area contributed by atoms with Gasteiger partial charge in [0.1, 0.15) is 5.58 Å². The summed E-state index contributed by atoms with van der Waals surface area (Å²) in [5.74, 6) is 0.429. The summed E-state index contributed by atoms with van der Waals surface area (Å²) in [6.45, 7) is 4.20. The van der Waals surface area contributed by atoms with Crippen LogP contribution in [0.25, 0.3) is 11.0 Å². The largest absolute Gasteiger partial charge is 1.00 e. The van der Waals surface area contributed by atoms with Crippen LogP contribution in [0.1, 0.15) is 16.1 Å². The fraction of sp³-hybridized carbons (Fsp3) is 0.250. The van der Waals surface area contributed by atoms with E-state index in [4.69, 9.17) is 4.42 Å². The number of rotatable bonds is 3. The van der Waals surface area contributed by atoms with Gasteiger partial charge in [-0.3, -0.25) is 9.69 Å². The Morgan fingerprint density at radius 2 is 1.60 bits per heavy atom. The Morgan fingerprint density at radius 1 is 0.920 bits per heavy atom. The predicted molar refractivity (Wildman–Crippen MR) is 93.8 cm³/mol. The Balaban J connectivity index is 0.00000182. The lowest BCUT2D eigenvalue weighted by Crippen LogP contribution is -3.00. The van der Waals surface area contributed by atoms with E-state index in [1.165, 1.54) is 5.56 Å². The van der Waals surface area contributed by atoms with Crippen LogP contribution in [0.3, 0.4) is 0 Å². The van der Waals surface area contributed by atoms with Crippen molar-refractivity contribution in [2.75, 3.05) is 26.2 Å². The van der Waals surface area contributed by atoms with Crippen molar-refractivity contribution in [1.29, 1.82) is 0 Å². The Labute approximate surface area is 153 Å². The van der Waals surface area contributed by atoms with Crippen molar-refractivity contribution in [1.82, 2.24) is 9.80 Å². The molecule has 1 aliphatic heterocycles. The summed E-state index contributed by atoms with van der Waals surface area (Å²) in [5.41, 5.74) is 2.08. The summed E-state index contributed by atoms with van der Waals surface area (Å²) in [7, 11) is 0. The van der Waals surface area contributed by atoms with Gasteiger partial charge in [-0.15, -0.1) is 0 Å². The third-order valence-corrected chi connectivity index (χ3v) is 4.54. The Bertz CT molecular complexity index is 806. The fourth-order valence-corrected chi connectivity index (χ4v) is 3.19. The number of hydrogen-bond acceptors (Lipinski definition) is 3. The van der Waals surface area contributed by atoms with Crippen molar-refractivity contribution in [3.05, 3.63) is 72.0 Å². The molecule has 130 valence electrons. The van der Waals surface area contributed by atoms with Crippen molar-refractivity contribution in [3.63, 3.8) is 0 Å². The zero-order valence-corrected chi connectivity index (χ0v) is 14.7. The molecule has 4 nitrogen and oxygen atoms in total. The quantitative estimate of drug-likeness (QED) is 0.682. The van der Waals surface area contributed by atoms with Crippen LogP contribution < -0.4 is 12.4 Å². The molecule has 0 radical (unpaired) electrons. The number of amides is 1. The van der Waals surface area contributed by atoms with E-state index < -0.39 is 0 Å². The topological polar surface area (TPSA) is 36.7 Å². The van der Waals surface area contributed by atoms with E-state index in [0.717, 1.165) is 43.7 Å². The Morgan fingerprint density at radius 3 is 2.32 bits per heavy atom. The molecule has 2 heterocycles. The van der Waals surface area contributed by atoms with Gasteiger partial charge in [-0.1, -0.05) is 48.5 Å². The molecular formula is C20H20ClN2O2-. The summed E-state index contributed by atoms with van der Waals surface area (Å²) in [5, 5.41) is 0.976. The maximum atomic E-state index is 12.6. The summed E-state index contributed by atoms with van der Waals surface area (Å²) in [6.07, 6.45) is 0. The standard InChI is InChI=1S/C20H20N2O2.ClH/c23-20(19-14-17-8-4-5-9-18(17)24-19)22-12-10-21(11-13-22)15-16-6-2-1-3-7-16;/h1-9,14H,10-13,15H2;1H/p-1. The van der Waals surface area contributed by atoms with Crippen molar-refractivity contribution in [2.45, 2.75) is 6.54 Å². The number of carbonyl (C=O) groups is 1. The molecule has 0 atom stereocenters. The van der Waals surface area contributed by atoms with Crippen LogP contribution in [0.15, 0.2) is 65.1 Å². The highest BCUT2D eigenvalue weighted by atomic mass is 35.5. The third-order valence-electron chi connectivity index (χ3n) is 4.54. The summed E-state index contributed by atoms with van der Waals surface area (Å²) in [6, 6.07) is 20.0. The van der Waals surface area contributed by atoms with E-state index in [0.29, 0.717) is 5.76 Å². The fourth-order valence-electron chi connectivity index (χ4n) is 3.19. The van der Waals surface area contributed by atoms with Gasteiger partial charge < -0.3 is 21.7 Å². The van der Waals surface area contributed by atoms with E-state index in [1.54, 1.807) is 0 Å². The van der Waals surface area contributed by atoms with Crippen LogP contribution >= 0.6 is 0 Å². The van der Waals surface area contributed by atoms with Gasteiger partial charge in [-0.05, 0) is 17.7 Å². The zero-order valence-electron chi connectivity index (χ0n) is 13.9. The molecule has 0 unspecified atom stereocenters. The van der Waals surface area contributed by atoms with Crippen LogP contribution in [0, 0.1) is 0 Å². The lowest BCUT2D eigenvalue weighted by molar-refractivity contribution is -0.0000156. The summed E-state index contributed by atoms with van der Waals surface area (Å²) >= 11 is 0. The molecule has 0 spiro atoms. The monoisotopic (exact) mass is 355 g/mol. The SMILES string of the molecule is O=C(c1cc2ccccc2o1)N1CCN(Cc2ccccc2)CC1.[Cl-]. The first kappa shape index (κ1) is 17.5. The number of halogens is 1. The molecule has 1 saturated heterocycles. The number of fused-ring (bicyclic) bond motifs is 1. The number of nitrogens with zero attached hydrogens (tertiary/aromatic N) is 2. The number of hydrogen-bond donors (Lipinski definition) is 0. The van der Waals surface area contributed by atoms with Crippen LogP contribution in [0.4, 0.5) is 0 Å². The smallest absolute Gasteiger partial charge is 0.289 e. The third kappa shape index (κ3) is 3.86. The van der Waals surface area contributed by atoms with Gasteiger partial charge in [0, 0.05) is 38.1 Å². The second kappa shape index (κ2) is 7.72. The minimum atomic E-state index is -0.00874. The molecule has 1 aliphatic rings. The lowest BCUT2D eigenvalue weighted by atomic mass is 10.2. The van der Waals surface area contributed by atoms with E-state index in [-0.39, 0.29) is 18.3 Å². The zero-order chi connectivity index (χ0) is 16.4. The highest BCUT2D eigenvalue weighted by Crippen LogP contribution is 2.20. The number of carbonyl (C=O) groups excluding carboxylic acids is 1. The molecule has 5 heteroatoms. The first-order valence-electron chi connectivity index (χ1n) is 8.34. The van der Waals surface area contributed by atoms with Crippen molar-refractivity contribution >= 4 is 16.9 Å². The molecule has 4 rings (SSSR count).